The number of carboxylic acids is 1. The van der Waals surface area contributed by atoms with Crippen LogP contribution in [0, 0.1) is 29.2 Å². The van der Waals surface area contributed by atoms with E-state index in [1.165, 1.54) is 11.3 Å². The Hall–Kier alpha value is -10.5. The average Bonchev–Trinajstić information content (AvgIpc) is 1.62. The van der Waals surface area contributed by atoms with Crippen LogP contribution in [0.4, 0.5) is 0 Å². The Bertz CT molecular complexity index is 5810. The van der Waals surface area contributed by atoms with Gasteiger partial charge in [0.05, 0.1) is 99.1 Å². The number of carboxylic acid groups (broad SMARTS) is 1. The van der Waals surface area contributed by atoms with Crippen molar-refractivity contribution in [3.05, 3.63) is 273 Å². The minimum Gasteiger partial charge on any atom is -0.487 e. The molecule has 0 spiro atoms. The predicted molar refractivity (Wildman–Crippen MR) is 469 cm³/mol. The highest BCUT2D eigenvalue weighted by atomic mass is 79.9. The van der Waals surface area contributed by atoms with Crippen LogP contribution in [0.15, 0.2) is 232 Å². The lowest BCUT2D eigenvalue weighted by molar-refractivity contribution is -0.134. The summed E-state index contributed by atoms with van der Waals surface area (Å²) in [6.45, 7) is 16.8. The summed E-state index contributed by atoms with van der Waals surface area (Å²) in [7, 11) is 3.05. The van der Waals surface area contributed by atoms with Gasteiger partial charge in [-0.25, -0.2) is 4.85 Å². The lowest BCUT2D eigenvalue weighted by atomic mass is 9.88. The van der Waals surface area contributed by atoms with Gasteiger partial charge in [0.1, 0.15) is 6.07 Å². The Labute approximate surface area is 695 Å². The SMILES string of the molecule is Brc1cnc2cc(Br)cnc2c1.CC(=O)O.COc1ccc(-c2cnc3cc(-c4ccc(C=O)s4)cnc3c2)s1.COc1ccc(B2OC(C)(C)C(C)(C)O2)s1.N#CCc1cccs1.[C-]#[N+]/C(=C\c1ccc(-c2cnc3cc(-c4ccc(/C=C(\C#N)c5cccs5)s4)cnc3c2)s1)c1cccs1.c1cnc2cccnc2c1. The number of aliphatic carboxylic acids is 1. The Morgan fingerprint density at radius 1 is 0.527 bits per heavy atom. The van der Waals surface area contributed by atoms with E-state index in [4.69, 9.17) is 50.5 Å². The number of pyridine rings is 8. The molecule has 1 fully saturated rings. The van der Waals surface area contributed by atoms with Crippen molar-refractivity contribution in [2.45, 2.75) is 52.2 Å². The van der Waals surface area contributed by atoms with Crippen LogP contribution in [0.3, 0.4) is 0 Å². The van der Waals surface area contributed by atoms with Crippen LogP contribution in [-0.4, -0.2) is 89.8 Å². The minimum absolute atomic E-state index is 0.279. The Morgan fingerprint density at radius 3 is 1.37 bits per heavy atom. The second-order valence-electron chi connectivity index (χ2n) is 24.6. The summed E-state index contributed by atoms with van der Waals surface area (Å²) in [5.41, 5.74) is 11.8. The van der Waals surface area contributed by atoms with Gasteiger partial charge in [-0.05, 0) is 221 Å². The first-order valence-corrected chi connectivity index (χ1v) is 42.0. The zero-order valence-electron chi connectivity index (χ0n) is 60.7. The number of fused-ring (bicyclic) bond motifs is 4. The second kappa shape index (κ2) is 39.6. The predicted octanol–water partition coefficient (Wildman–Crippen LogP) is 23.3. The summed E-state index contributed by atoms with van der Waals surface area (Å²) in [4.78, 5) is 68.8. The van der Waals surface area contributed by atoms with Crippen molar-refractivity contribution < 1.29 is 33.5 Å². The lowest BCUT2D eigenvalue weighted by Gasteiger charge is -2.32. The minimum atomic E-state index is -0.833. The molecule has 17 rings (SSSR count). The van der Waals surface area contributed by atoms with Crippen molar-refractivity contribution in [1.29, 1.82) is 10.5 Å². The highest BCUT2D eigenvalue weighted by Crippen LogP contribution is 2.40. The van der Waals surface area contributed by atoms with E-state index in [2.05, 4.69) is 131 Å². The molecule has 558 valence electrons. The molecular weight excluding hydrogens is 1690 g/mol. The molecule has 112 heavy (non-hydrogen) atoms. The second-order valence-corrected chi connectivity index (χ2v) is 34.8. The fourth-order valence-corrected chi connectivity index (χ4v) is 17.1. The molecule has 0 saturated carbocycles. The van der Waals surface area contributed by atoms with Gasteiger partial charge >= 0.3 is 7.12 Å². The van der Waals surface area contributed by atoms with Crippen LogP contribution in [-0.2, 0) is 20.5 Å². The van der Waals surface area contributed by atoms with E-state index in [0.717, 1.165) is 147 Å². The summed E-state index contributed by atoms with van der Waals surface area (Å²) in [5, 5.41) is 32.9. The fraction of sp³-hybridized carbons (Fsp3) is 0.120. The zero-order valence-corrected chi connectivity index (χ0v) is 70.4. The number of methoxy groups -OCH3 is 2. The van der Waals surface area contributed by atoms with Crippen molar-refractivity contribution in [1.82, 2.24) is 39.9 Å². The van der Waals surface area contributed by atoms with Crippen LogP contribution in [0.1, 0.15) is 68.7 Å². The summed E-state index contributed by atoms with van der Waals surface area (Å²) >= 11 is 19.3. The molecule has 1 aliphatic rings. The largest absolute Gasteiger partial charge is 0.505 e. The first kappa shape index (κ1) is 82.4. The Balaban J connectivity index is 0.000000143. The molecule has 29 heteroatoms. The Morgan fingerprint density at radius 2 is 0.946 bits per heavy atom. The van der Waals surface area contributed by atoms with Gasteiger partial charge in [0.15, 0.2) is 16.4 Å². The average molecular weight is 1750 g/mol. The third-order valence-electron chi connectivity index (χ3n) is 16.3. The van der Waals surface area contributed by atoms with Gasteiger partial charge in [-0.2, -0.15) is 21.9 Å². The molecular formula is C83H64BBr2N11O7S8. The van der Waals surface area contributed by atoms with Gasteiger partial charge in [0.25, 0.3) is 5.97 Å². The van der Waals surface area contributed by atoms with Crippen molar-refractivity contribution in [2.24, 2.45) is 0 Å². The number of hydrogen-bond acceptors (Lipinski definition) is 24. The topological polar surface area (TPSA) is 246 Å². The third-order valence-corrected chi connectivity index (χ3v) is 25.2. The molecule has 0 atom stereocenters. The molecule has 18 nitrogen and oxygen atoms in total. The maximum atomic E-state index is 10.8. The van der Waals surface area contributed by atoms with Gasteiger partial charge in [0, 0.05) is 136 Å². The van der Waals surface area contributed by atoms with E-state index in [0.29, 0.717) is 22.6 Å². The molecule has 0 aromatic carbocycles. The molecule has 1 saturated heterocycles. The maximum absolute atomic E-state index is 10.8. The first-order chi connectivity index (χ1) is 54.2. The number of carbonyl (C=O) groups excluding carboxylic acids is 1. The van der Waals surface area contributed by atoms with Crippen LogP contribution in [0.5, 0.6) is 10.1 Å². The number of ether oxygens (including phenoxy) is 2. The van der Waals surface area contributed by atoms with E-state index in [-0.39, 0.29) is 18.3 Å². The highest BCUT2D eigenvalue weighted by molar-refractivity contribution is 9.10. The molecule has 0 radical (unpaired) electrons. The quantitative estimate of drug-likeness (QED) is 0.0488. The molecule has 16 aromatic heterocycles. The maximum Gasteiger partial charge on any atom is 0.505 e. The van der Waals surface area contributed by atoms with Gasteiger partial charge < -0.3 is 23.9 Å². The monoisotopic (exact) mass is 1750 g/mol. The number of nitriles is 2. The van der Waals surface area contributed by atoms with Gasteiger partial charge in [0.2, 0.25) is 5.70 Å². The molecule has 17 heterocycles. The molecule has 1 aliphatic heterocycles. The van der Waals surface area contributed by atoms with Crippen LogP contribution >= 0.6 is 123 Å². The number of aromatic nitrogens is 8. The number of allylic oxidation sites excluding steroid dienone is 1. The van der Waals surface area contributed by atoms with Crippen LogP contribution in [0.2, 0.25) is 0 Å². The van der Waals surface area contributed by atoms with Gasteiger partial charge in [-0.3, -0.25) is 49.5 Å². The summed E-state index contributed by atoms with van der Waals surface area (Å²) in [5.74, 6) is -0.833. The number of thiophene rings is 8. The number of halogens is 2. The van der Waals surface area contributed by atoms with Crippen molar-refractivity contribution >= 4 is 214 Å². The standard InChI is InChI=1S/C30H16N4S4.C18H12N2O2S2.C11H17BO3S.C8H4Br2N2.C8H6N2.C6H5NS.C2H4O2/c1-32-26(30-5-3-11-36-30)15-23-7-9-29(38-23)21-14-25-24(34-18-21)13-20(17-33-25)28-8-6-22(37-28)12-19(16-31)27-4-2-10-35-27;1-22-18-5-4-17(24-18)12-7-15-14(20-9-12)6-11(8-19-15)16-3-2-13(10-21)23-16;1-10(2)11(3,4)15-12(14-10)8-6-7-9(13-5)16-8;9-5-1-7-8(12-3-5)2-6(10)4-11-7;1-3-7-8(9-5-1)4-2-6-10-7;7-4-3-6-2-1-5-8-6;1-2(3)4/h2-15,17-18H;2-10H,1H3;6-7H,1-5H3;1-4H;1-6H;1-2,5H,3H2;1H3,(H,3,4)/b19-12+,26-15-;;;;;;. The fourth-order valence-electron chi connectivity index (χ4n) is 10.2. The van der Waals surface area contributed by atoms with Crippen molar-refractivity contribution in [3.8, 4) is 64.0 Å². The number of rotatable bonds is 13. The number of carbonyl (C=O) groups is 2. The first-order valence-electron chi connectivity index (χ1n) is 33.7. The van der Waals surface area contributed by atoms with Crippen molar-refractivity contribution in [2.75, 3.05) is 14.2 Å². The van der Waals surface area contributed by atoms with Crippen LogP contribution < -0.4 is 14.3 Å². The normalized spacial score (nSPS) is 12.4. The molecule has 0 amide bonds. The lowest BCUT2D eigenvalue weighted by Crippen LogP contribution is -2.41. The summed E-state index contributed by atoms with van der Waals surface area (Å²) < 4.78 is 25.2. The van der Waals surface area contributed by atoms with Crippen LogP contribution in [0.25, 0.3) is 114 Å². The van der Waals surface area contributed by atoms with E-state index in [9.17, 15) is 10.1 Å². The third kappa shape index (κ3) is 22.4. The van der Waals surface area contributed by atoms with E-state index >= 15 is 0 Å². The number of hydrogen-bond donors (Lipinski definition) is 1. The molecule has 0 bridgehead atoms. The smallest absolute Gasteiger partial charge is 0.487 e. The zero-order chi connectivity index (χ0) is 79.2. The molecule has 0 aliphatic carbocycles. The van der Waals surface area contributed by atoms with Gasteiger partial charge in [-0.1, -0.05) is 35.6 Å². The van der Waals surface area contributed by atoms with Crippen molar-refractivity contribution in [3.63, 3.8) is 0 Å². The van der Waals surface area contributed by atoms with E-state index in [1.54, 1.807) is 118 Å². The van der Waals surface area contributed by atoms with Gasteiger partial charge in [-0.15, -0.1) is 68.0 Å². The van der Waals surface area contributed by atoms with E-state index in [1.807, 2.05) is 187 Å². The molecule has 16 aromatic rings. The molecule has 0 unspecified atom stereocenters. The highest BCUT2D eigenvalue weighted by Gasteiger charge is 2.52. The summed E-state index contributed by atoms with van der Waals surface area (Å²) in [6.07, 6.45) is 19.8. The Kier molecular flexibility index (Phi) is 29.1. The number of nitrogens with zero attached hydrogens (tertiary/aromatic N) is 11. The summed E-state index contributed by atoms with van der Waals surface area (Å²) in [6, 6.07) is 55.7. The number of aldehydes is 1. The molecule has 1 N–H and O–H groups in total. The van der Waals surface area contributed by atoms with E-state index < -0.39 is 5.97 Å².